The van der Waals surface area contributed by atoms with Gasteiger partial charge >= 0.3 is 0 Å². The van der Waals surface area contributed by atoms with Gasteiger partial charge < -0.3 is 4.74 Å². The molecule has 0 spiro atoms. The zero-order valence-electron chi connectivity index (χ0n) is 8.36. The minimum absolute atomic E-state index is 0.414. The minimum Gasteiger partial charge on any atom is -0.486 e. The lowest BCUT2D eigenvalue weighted by Crippen LogP contribution is -1.97. The third-order valence-electron chi connectivity index (χ3n) is 2.00. The fourth-order valence-corrected chi connectivity index (χ4v) is 1.63. The Bertz CT molecular complexity index is 473. The Morgan fingerprint density at radius 3 is 2.69 bits per heavy atom. The standard InChI is InChI=1S/C12H9BrClNO/c13-9-5-6-10(15-7-9)8-16-12-4-2-1-3-11(12)14/h1-7H,8H2. The minimum atomic E-state index is 0.414. The van der Waals surface area contributed by atoms with Gasteiger partial charge in [0.1, 0.15) is 12.4 Å². The molecule has 0 saturated carbocycles. The molecule has 4 heteroatoms. The Labute approximate surface area is 107 Å². The molecular weight excluding hydrogens is 289 g/mol. The summed E-state index contributed by atoms with van der Waals surface area (Å²) in [7, 11) is 0. The van der Waals surface area contributed by atoms with Gasteiger partial charge in [0.05, 0.1) is 10.7 Å². The van der Waals surface area contributed by atoms with E-state index in [0.29, 0.717) is 17.4 Å². The summed E-state index contributed by atoms with van der Waals surface area (Å²) < 4.78 is 6.51. The molecule has 2 rings (SSSR count). The number of para-hydroxylation sites is 1. The second-order valence-corrected chi connectivity index (χ2v) is 4.51. The van der Waals surface area contributed by atoms with Crippen molar-refractivity contribution in [1.82, 2.24) is 4.98 Å². The van der Waals surface area contributed by atoms with Gasteiger partial charge in [-0.05, 0) is 40.2 Å². The van der Waals surface area contributed by atoms with Gasteiger partial charge in [-0.2, -0.15) is 0 Å². The highest BCUT2D eigenvalue weighted by molar-refractivity contribution is 9.10. The number of pyridine rings is 1. The van der Waals surface area contributed by atoms with Crippen molar-refractivity contribution >= 4 is 27.5 Å². The fourth-order valence-electron chi connectivity index (χ4n) is 1.21. The lowest BCUT2D eigenvalue weighted by molar-refractivity contribution is 0.301. The van der Waals surface area contributed by atoms with Crippen LogP contribution in [0.25, 0.3) is 0 Å². The molecule has 1 aromatic heterocycles. The predicted octanol–water partition coefficient (Wildman–Crippen LogP) is 4.08. The quantitative estimate of drug-likeness (QED) is 0.852. The number of rotatable bonds is 3. The van der Waals surface area contributed by atoms with Crippen LogP contribution in [-0.4, -0.2) is 4.98 Å². The summed E-state index contributed by atoms with van der Waals surface area (Å²) in [5.74, 6) is 0.675. The number of ether oxygens (including phenoxy) is 1. The summed E-state index contributed by atoms with van der Waals surface area (Å²) in [5.41, 5.74) is 0.864. The third-order valence-corrected chi connectivity index (χ3v) is 2.78. The van der Waals surface area contributed by atoms with E-state index in [1.165, 1.54) is 0 Å². The van der Waals surface area contributed by atoms with E-state index in [0.717, 1.165) is 10.2 Å². The average molecular weight is 299 g/mol. The second-order valence-electron chi connectivity index (χ2n) is 3.19. The maximum absolute atomic E-state index is 5.96. The third kappa shape index (κ3) is 2.97. The van der Waals surface area contributed by atoms with Crippen LogP contribution in [0.4, 0.5) is 0 Å². The normalized spacial score (nSPS) is 10.1. The molecule has 0 unspecified atom stereocenters. The van der Waals surface area contributed by atoms with Gasteiger partial charge in [0.2, 0.25) is 0 Å². The highest BCUT2D eigenvalue weighted by atomic mass is 79.9. The van der Waals surface area contributed by atoms with Crippen LogP contribution in [0.5, 0.6) is 5.75 Å². The number of nitrogens with zero attached hydrogens (tertiary/aromatic N) is 1. The van der Waals surface area contributed by atoms with Crippen molar-refractivity contribution in [2.24, 2.45) is 0 Å². The molecule has 1 heterocycles. The zero-order chi connectivity index (χ0) is 11.4. The molecule has 2 aromatic rings. The van der Waals surface area contributed by atoms with Crippen LogP contribution in [-0.2, 0) is 6.61 Å². The molecule has 2 nitrogen and oxygen atoms in total. The van der Waals surface area contributed by atoms with E-state index in [1.807, 2.05) is 30.3 Å². The number of aromatic nitrogens is 1. The summed E-state index contributed by atoms with van der Waals surface area (Å²) in [5, 5.41) is 0.611. The first-order valence-corrected chi connectivity index (χ1v) is 5.90. The Balaban J connectivity index is 2.02. The monoisotopic (exact) mass is 297 g/mol. The van der Waals surface area contributed by atoms with Crippen LogP contribution >= 0.6 is 27.5 Å². The van der Waals surface area contributed by atoms with Gasteiger partial charge in [-0.1, -0.05) is 23.7 Å². The van der Waals surface area contributed by atoms with Crippen LogP contribution in [0, 0.1) is 0 Å². The summed E-state index contributed by atoms with van der Waals surface area (Å²) in [6.45, 7) is 0.414. The van der Waals surface area contributed by atoms with E-state index in [9.17, 15) is 0 Å². The van der Waals surface area contributed by atoms with Crippen molar-refractivity contribution in [3.05, 3.63) is 57.8 Å². The van der Waals surface area contributed by atoms with Gasteiger partial charge in [0.25, 0.3) is 0 Å². The Morgan fingerprint density at radius 1 is 1.19 bits per heavy atom. The summed E-state index contributed by atoms with van der Waals surface area (Å²) in [4.78, 5) is 4.21. The first kappa shape index (κ1) is 11.4. The number of hydrogen-bond donors (Lipinski definition) is 0. The van der Waals surface area contributed by atoms with Crippen LogP contribution in [0.15, 0.2) is 47.1 Å². The average Bonchev–Trinajstić information content (AvgIpc) is 2.30. The molecule has 82 valence electrons. The number of hydrogen-bond acceptors (Lipinski definition) is 2. The Morgan fingerprint density at radius 2 is 2.00 bits per heavy atom. The zero-order valence-corrected chi connectivity index (χ0v) is 10.7. The van der Waals surface area contributed by atoms with Crippen LogP contribution in [0.2, 0.25) is 5.02 Å². The van der Waals surface area contributed by atoms with Gasteiger partial charge in [-0.3, -0.25) is 4.98 Å². The number of benzene rings is 1. The fraction of sp³-hybridized carbons (Fsp3) is 0.0833. The van der Waals surface area contributed by atoms with Crippen molar-refractivity contribution in [2.45, 2.75) is 6.61 Å². The van der Waals surface area contributed by atoms with Crippen LogP contribution in [0.3, 0.4) is 0 Å². The molecule has 0 amide bonds. The highest BCUT2D eigenvalue weighted by Crippen LogP contribution is 2.23. The van der Waals surface area contributed by atoms with E-state index < -0.39 is 0 Å². The lowest BCUT2D eigenvalue weighted by atomic mass is 10.3. The smallest absolute Gasteiger partial charge is 0.138 e. The van der Waals surface area contributed by atoms with Crippen molar-refractivity contribution < 1.29 is 4.74 Å². The molecule has 1 aromatic carbocycles. The molecule has 0 aliphatic rings. The Hall–Kier alpha value is -1.06. The Kier molecular flexibility index (Phi) is 3.80. The lowest BCUT2D eigenvalue weighted by Gasteiger charge is -2.06. The second kappa shape index (κ2) is 5.32. The van der Waals surface area contributed by atoms with Gasteiger partial charge in [0, 0.05) is 10.7 Å². The van der Waals surface area contributed by atoms with Gasteiger partial charge in [0.15, 0.2) is 0 Å². The van der Waals surface area contributed by atoms with Crippen molar-refractivity contribution in [2.75, 3.05) is 0 Å². The molecule has 0 atom stereocenters. The molecule has 0 aliphatic heterocycles. The van der Waals surface area contributed by atoms with E-state index in [1.54, 1.807) is 12.3 Å². The van der Waals surface area contributed by atoms with Gasteiger partial charge in [-0.25, -0.2) is 0 Å². The van der Waals surface area contributed by atoms with E-state index >= 15 is 0 Å². The first-order valence-electron chi connectivity index (χ1n) is 4.73. The SMILES string of the molecule is Clc1ccccc1OCc1ccc(Br)cn1. The molecule has 0 radical (unpaired) electrons. The van der Waals surface area contributed by atoms with Crippen molar-refractivity contribution in [3.63, 3.8) is 0 Å². The van der Waals surface area contributed by atoms with Crippen LogP contribution in [0.1, 0.15) is 5.69 Å². The molecular formula is C12H9BrClNO. The van der Waals surface area contributed by atoms with Gasteiger partial charge in [-0.15, -0.1) is 0 Å². The number of halogens is 2. The van der Waals surface area contributed by atoms with E-state index in [4.69, 9.17) is 16.3 Å². The van der Waals surface area contributed by atoms with Crippen LogP contribution < -0.4 is 4.74 Å². The highest BCUT2D eigenvalue weighted by Gasteiger charge is 2.00. The summed E-state index contributed by atoms with van der Waals surface area (Å²) in [6, 6.07) is 11.2. The van der Waals surface area contributed by atoms with E-state index in [2.05, 4.69) is 20.9 Å². The molecule has 0 aliphatic carbocycles. The molecule has 16 heavy (non-hydrogen) atoms. The molecule has 0 saturated heterocycles. The maximum Gasteiger partial charge on any atom is 0.138 e. The van der Waals surface area contributed by atoms with Crippen molar-refractivity contribution in [3.8, 4) is 5.75 Å². The van der Waals surface area contributed by atoms with E-state index in [-0.39, 0.29) is 0 Å². The summed E-state index contributed by atoms with van der Waals surface area (Å²) >= 11 is 9.29. The molecule has 0 fully saturated rings. The first-order chi connectivity index (χ1) is 7.75. The maximum atomic E-state index is 5.96. The largest absolute Gasteiger partial charge is 0.486 e. The van der Waals surface area contributed by atoms with Crippen molar-refractivity contribution in [1.29, 1.82) is 0 Å². The predicted molar refractivity (Wildman–Crippen MR) is 67.7 cm³/mol. The topological polar surface area (TPSA) is 22.1 Å². The molecule has 0 bridgehead atoms. The molecule has 0 N–H and O–H groups in total. The summed E-state index contributed by atoms with van der Waals surface area (Å²) in [6.07, 6.45) is 1.74.